The van der Waals surface area contributed by atoms with Gasteiger partial charge in [-0.05, 0) is 31.5 Å². The number of amides is 2. The maximum atomic E-state index is 11.3. The molecule has 0 bridgehead atoms. The lowest BCUT2D eigenvalue weighted by Gasteiger charge is -2.17. The summed E-state index contributed by atoms with van der Waals surface area (Å²) in [7, 11) is 3.38. The van der Waals surface area contributed by atoms with Crippen molar-refractivity contribution >= 4 is 6.03 Å². The standard InChI is InChI=1S/C13H20N2O2/c1-10(2)17-12-7-5-11(6-8-12)9-15(4)13(16)14-3/h5-8,10H,9H2,1-4H3,(H,14,16). The maximum absolute atomic E-state index is 11.3. The number of nitrogens with zero attached hydrogens (tertiary/aromatic N) is 1. The lowest BCUT2D eigenvalue weighted by atomic mass is 10.2. The smallest absolute Gasteiger partial charge is 0.317 e. The number of urea groups is 1. The predicted molar refractivity (Wildman–Crippen MR) is 68.1 cm³/mol. The van der Waals surface area contributed by atoms with Gasteiger partial charge in [-0.1, -0.05) is 12.1 Å². The first-order valence-electron chi connectivity index (χ1n) is 5.71. The normalized spacial score (nSPS) is 10.2. The van der Waals surface area contributed by atoms with Gasteiger partial charge in [0.25, 0.3) is 0 Å². The average Bonchev–Trinajstić information content (AvgIpc) is 2.30. The van der Waals surface area contributed by atoms with E-state index in [4.69, 9.17) is 4.74 Å². The molecule has 1 aromatic rings. The van der Waals surface area contributed by atoms with E-state index in [0.29, 0.717) is 6.54 Å². The van der Waals surface area contributed by atoms with E-state index in [9.17, 15) is 4.79 Å². The fourth-order valence-corrected chi connectivity index (χ4v) is 1.48. The first-order chi connectivity index (χ1) is 8.02. The van der Waals surface area contributed by atoms with E-state index in [1.165, 1.54) is 0 Å². The highest BCUT2D eigenvalue weighted by atomic mass is 16.5. The molecular weight excluding hydrogens is 216 g/mol. The van der Waals surface area contributed by atoms with Crippen LogP contribution in [0, 0.1) is 0 Å². The number of rotatable bonds is 4. The Hall–Kier alpha value is -1.71. The van der Waals surface area contributed by atoms with E-state index in [-0.39, 0.29) is 12.1 Å². The molecule has 0 aliphatic heterocycles. The van der Waals surface area contributed by atoms with Crippen LogP contribution in [-0.4, -0.2) is 31.1 Å². The van der Waals surface area contributed by atoms with Crippen LogP contribution in [0.1, 0.15) is 19.4 Å². The molecule has 1 N–H and O–H groups in total. The van der Waals surface area contributed by atoms with Crippen LogP contribution in [0.15, 0.2) is 24.3 Å². The van der Waals surface area contributed by atoms with Gasteiger partial charge in [0.1, 0.15) is 5.75 Å². The first kappa shape index (κ1) is 13.4. The molecule has 0 saturated carbocycles. The van der Waals surface area contributed by atoms with Crippen molar-refractivity contribution in [2.75, 3.05) is 14.1 Å². The Bertz CT molecular complexity index is 360. The molecule has 0 atom stereocenters. The summed E-state index contributed by atoms with van der Waals surface area (Å²) in [5, 5.41) is 2.58. The molecule has 0 heterocycles. The fraction of sp³-hybridized carbons (Fsp3) is 0.462. The predicted octanol–water partition coefficient (Wildman–Crippen LogP) is 2.25. The Morgan fingerprint density at radius 2 is 1.94 bits per heavy atom. The molecule has 1 rings (SSSR count). The molecule has 0 aliphatic rings. The van der Waals surface area contributed by atoms with Crippen molar-refractivity contribution in [3.05, 3.63) is 29.8 Å². The van der Waals surface area contributed by atoms with Crippen molar-refractivity contribution in [1.82, 2.24) is 10.2 Å². The van der Waals surface area contributed by atoms with E-state index in [2.05, 4.69) is 5.32 Å². The fourth-order valence-electron chi connectivity index (χ4n) is 1.48. The SMILES string of the molecule is CNC(=O)N(C)Cc1ccc(OC(C)C)cc1. The summed E-state index contributed by atoms with van der Waals surface area (Å²) in [5.74, 6) is 0.853. The molecule has 0 aromatic heterocycles. The van der Waals surface area contributed by atoms with Gasteiger partial charge in [-0.25, -0.2) is 4.79 Å². The Kier molecular flexibility index (Phi) is 4.82. The number of hydrogen-bond donors (Lipinski definition) is 1. The lowest BCUT2D eigenvalue weighted by molar-refractivity contribution is 0.209. The molecule has 94 valence electrons. The number of benzene rings is 1. The molecule has 0 unspecified atom stereocenters. The minimum absolute atomic E-state index is 0.0903. The molecular formula is C13H20N2O2. The summed E-state index contributed by atoms with van der Waals surface area (Å²) in [6.45, 7) is 4.57. The maximum Gasteiger partial charge on any atom is 0.317 e. The molecule has 0 aliphatic carbocycles. The van der Waals surface area contributed by atoms with Crippen LogP contribution in [0.3, 0.4) is 0 Å². The molecule has 4 heteroatoms. The van der Waals surface area contributed by atoms with Crippen LogP contribution in [0.25, 0.3) is 0 Å². The third-order valence-corrected chi connectivity index (χ3v) is 2.28. The van der Waals surface area contributed by atoms with Gasteiger partial charge in [-0.15, -0.1) is 0 Å². The second-order valence-electron chi connectivity index (χ2n) is 4.22. The molecule has 17 heavy (non-hydrogen) atoms. The molecule has 1 aromatic carbocycles. The zero-order valence-electron chi connectivity index (χ0n) is 10.9. The van der Waals surface area contributed by atoms with Gasteiger partial charge in [-0.2, -0.15) is 0 Å². The zero-order chi connectivity index (χ0) is 12.8. The van der Waals surface area contributed by atoms with Crippen molar-refractivity contribution in [1.29, 1.82) is 0 Å². The number of nitrogens with one attached hydrogen (secondary N) is 1. The van der Waals surface area contributed by atoms with Gasteiger partial charge >= 0.3 is 6.03 Å². The minimum Gasteiger partial charge on any atom is -0.491 e. The van der Waals surface area contributed by atoms with E-state index in [1.807, 2.05) is 38.1 Å². The van der Waals surface area contributed by atoms with E-state index < -0.39 is 0 Å². The van der Waals surface area contributed by atoms with E-state index >= 15 is 0 Å². The van der Waals surface area contributed by atoms with Crippen LogP contribution in [0.2, 0.25) is 0 Å². The third kappa shape index (κ3) is 4.34. The Labute approximate surface area is 103 Å². The summed E-state index contributed by atoms with van der Waals surface area (Å²) < 4.78 is 5.55. The van der Waals surface area contributed by atoms with Gasteiger partial charge in [0.2, 0.25) is 0 Å². The summed E-state index contributed by atoms with van der Waals surface area (Å²) in [6, 6.07) is 7.70. The number of carbonyl (C=O) groups is 1. The number of hydrogen-bond acceptors (Lipinski definition) is 2. The second kappa shape index (κ2) is 6.13. The Morgan fingerprint density at radius 3 is 2.41 bits per heavy atom. The van der Waals surface area contributed by atoms with Gasteiger partial charge in [0, 0.05) is 20.6 Å². The monoisotopic (exact) mass is 236 g/mol. The van der Waals surface area contributed by atoms with Crippen LogP contribution in [-0.2, 0) is 6.54 Å². The van der Waals surface area contributed by atoms with E-state index in [0.717, 1.165) is 11.3 Å². The lowest BCUT2D eigenvalue weighted by Crippen LogP contribution is -2.34. The zero-order valence-corrected chi connectivity index (χ0v) is 10.9. The highest BCUT2D eigenvalue weighted by Gasteiger charge is 2.06. The number of carbonyl (C=O) groups excluding carboxylic acids is 1. The second-order valence-corrected chi connectivity index (χ2v) is 4.22. The molecule has 2 amide bonds. The Morgan fingerprint density at radius 1 is 1.35 bits per heavy atom. The molecule has 0 spiro atoms. The quantitative estimate of drug-likeness (QED) is 0.871. The number of ether oxygens (including phenoxy) is 1. The minimum atomic E-state index is -0.0903. The van der Waals surface area contributed by atoms with Crippen LogP contribution in [0.4, 0.5) is 4.79 Å². The summed E-state index contributed by atoms with van der Waals surface area (Å²) in [4.78, 5) is 12.9. The third-order valence-electron chi connectivity index (χ3n) is 2.28. The first-order valence-corrected chi connectivity index (χ1v) is 5.71. The van der Waals surface area contributed by atoms with Gasteiger partial charge < -0.3 is 15.0 Å². The molecule has 4 nitrogen and oxygen atoms in total. The summed E-state index contributed by atoms with van der Waals surface area (Å²) in [6.07, 6.45) is 0.175. The van der Waals surface area contributed by atoms with Crippen molar-refractivity contribution < 1.29 is 9.53 Å². The van der Waals surface area contributed by atoms with Crippen LogP contribution in [0.5, 0.6) is 5.75 Å². The molecule has 0 fully saturated rings. The molecule has 0 saturated heterocycles. The van der Waals surface area contributed by atoms with Crippen molar-refractivity contribution in [3.8, 4) is 5.75 Å². The summed E-state index contributed by atoms with van der Waals surface area (Å²) in [5.41, 5.74) is 1.08. The van der Waals surface area contributed by atoms with Crippen molar-refractivity contribution in [2.45, 2.75) is 26.5 Å². The van der Waals surface area contributed by atoms with Gasteiger partial charge in [-0.3, -0.25) is 0 Å². The highest BCUT2D eigenvalue weighted by molar-refractivity contribution is 5.73. The summed E-state index contributed by atoms with van der Waals surface area (Å²) >= 11 is 0. The molecule has 0 radical (unpaired) electrons. The van der Waals surface area contributed by atoms with Crippen LogP contribution < -0.4 is 10.1 Å². The average molecular weight is 236 g/mol. The Balaban J connectivity index is 2.59. The van der Waals surface area contributed by atoms with E-state index in [1.54, 1.807) is 19.0 Å². The van der Waals surface area contributed by atoms with Crippen LogP contribution >= 0.6 is 0 Å². The van der Waals surface area contributed by atoms with Crippen molar-refractivity contribution in [2.24, 2.45) is 0 Å². The largest absolute Gasteiger partial charge is 0.491 e. The van der Waals surface area contributed by atoms with Gasteiger partial charge in [0.05, 0.1) is 6.10 Å². The topological polar surface area (TPSA) is 41.6 Å². The van der Waals surface area contributed by atoms with Gasteiger partial charge in [0.15, 0.2) is 0 Å². The highest BCUT2D eigenvalue weighted by Crippen LogP contribution is 2.14. The van der Waals surface area contributed by atoms with Crippen molar-refractivity contribution in [3.63, 3.8) is 0 Å².